The Balaban J connectivity index is 2.00. The topological polar surface area (TPSA) is 50.7 Å². The van der Waals surface area contributed by atoms with E-state index in [1.807, 2.05) is 6.92 Å². The van der Waals surface area contributed by atoms with Crippen LogP contribution in [-0.2, 0) is 9.53 Å². The number of nitrogens with zero attached hydrogens (tertiary/aromatic N) is 1. The Kier molecular flexibility index (Phi) is 2.82. The zero-order valence-corrected chi connectivity index (χ0v) is 8.45. The van der Waals surface area contributed by atoms with E-state index in [9.17, 15) is 4.79 Å². The number of nitrogens with one attached hydrogen (secondary N) is 1. The second-order valence-corrected chi connectivity index (χ2v) is 3.84. The number of amides is 1. The van der Waals surface area contributed by atoms with Gasteiger partial charge in [-0.15, -0.1) is 0 Å². The third-order valence-corrected chi connectivity index (χ3v) is 2.78. The summed E-state index contributed by atoms with van der Waals surface area (Å²) in [6.45, 7) is 3.53. The fraction of sp³-hybridized carbons (Fsp3) is 0.800. The number of amidine groups is 1. The summed E-state index contributed by atoms with van der Waals surface area (Å²) in [6.07, 6.45) is 2.93. The highest BCUT2D eigenvalue weighted by molar-refractivity contribution is 6.06. The van der Waals surface area contributed by atoms with E-state index < -0.39 is 0 Å². The van der Waals surface area contributed by atoms with Gasteiger partial charge in [0.05, 0.1) is 6.61 Å². The number of aliphatic imine (C=N–C) groups is 1. The predicted molar refractivity (Wildman–Crippen MR) is 53.2 cm³/mol. The van der Waals surface area contributed by atoms with Crippen molar-refractivity contribution in [2.45, 2.75) is 32.2 Å². The van der Waals surface area contributed by atoms with Crippen LogP contribution >= 0.6 is 0 Å². The molecular formula is C10H16N2O2. The van der Waals surface area contributed by atoms with Gasteiger partial charge in [0.15, 0.2) is 0 Å². The van der Waals surface area contributed by atoms with Gasteiger partial charge in [0, 0.05) is 12.5 Å². The molecule has 2 atom stereocenters. The molecule has 4 heteroatoms. The van der Waals surface area contributed by atoms with Crippen LogP contribution in [0, 0.1) is 5.92 Å². The minimum atomic E-state index is -0.160. The first-order valence-corrected chi connectivity index (χ1v) is 5.27. The molecule has 0 aromatic heterocycles. The molecule has 2 unspecified atom stereocenters. The van der Waals surface area contributed by atoms with Crippen molar-refractivity contribution in [1.82, 2.24) is 5.32 Å². The number of hydrogen-bond donors (Lipinski definition) is 1. The molecule has 0 spiro atoms. The van der Waals surface area contributed by atoms with Crippen molar-refractivity contribution >= 4 is 11.7 Å². The van der Waals surface area contributed by atoms with E-state index in [-0.39, 0.29) is 11.9 Å². The van der Waals surface area contributed by atoms with E-state index >= 15 is 0 Å². The Morgan fingerprint density at radius 2 is 2.50 bits per heavy atom. The summed E-state index contributed by atoms with van der Waals surface area (Å²) in [5.41, 5.74) is 0. The monoisotopic (exact) mass is 196 g/mol. The molecule has 0 bridgehead atoms. The van der Waals surface area contributed by atoms with Crippen molar-refractivity contribution in [1.29, 1.82) is 0 Å². The fourth-order valence-electron chi connectivity index (χ4n) is 1.91. The third kappa shape index (κ3) is 1.80. The SMILES string of the molecule is CCC1N=C(C2CCCOC2)NC1=O. The van der Waals surface area contributed by atoms with E-state index in [0.29, 0.717) is 12.5 Å². The van der Waals surface area contributed by atoms with Gasteiger partial charge < -0.3 is 10.1 Å². The molecule has 14 heavy (non-hydrogen) atoms. The number of rotatable bonds is 2. The Bertz CT molecular complexity index is 257. The summed E-state index contributed by atoms with van der Waals surface area (Å²) in [4.78, 5) is 15.8. The maximum atomic E-state index is 11.4. The van der Waals surface area contributed by atoms with Crippen LogP contribution in [0.3, 0.4) is 0 Å². The maximum absolute atomic E-state index is 11.4. The average Bonchev–Trinajstić information content (AvgIpc) is 2.61. The highest BCUT2D eigenvalue weighted by Crippen LogP contribution is 2.18. The number of hydrogen-bond acceptors (Lipinski definition) is 3. The molecule has 1 saturated heterocycles. The Morgan fingerprint density at radius 1 is 1.64 bits per heavy atom. The zero-order chi connectivity index (χ0) is 9.97. The number of ether oxygens (including phenoxy) is 1. The number of carbonyl (C=O) groups excluding carboxylic acids is 1. The molecule has 0 aliphatic carbocycles. The summed E-state index contributed by atoms with van der Waals surface area (Å²) in [7, 11) is 0. The van der Waals surface area contributed by atoms with E-state index in [1.165, 1.54) is 0 Å². The maximum Gasteiger partial charge on any atom is 0.250 e. The van der Waals surface area contributed by atoms with Crippen LogP contribution in [-0.4, -0.2) is 31.0 Å². The Labute approximate surface area is 83.7 Å². The molecular weight excluding hydrogens is 180 g/mol. The standard InChI is InChI=1S/C10H16N2O2/c1-2-8-10(13)12-9(11-8)7-4-3-5-14-6-7/h7-8H,2-6H2,1H3,(H,11,12,13). The molecule has 2 heterocycles. The van der Waals surface area contributed by atoms with Crippen LogP contribution in [0.15, 0.2) is 4.99 Å². The van der Waals surface area contributed by atoms with Crippen LogP contribution in [0.2, 0.25) is 0 Å². The lowest BCUT2D eigenvalue weighted by molar-refractivity contribution is -0.120. The normalized spacial score (nSPS) is 32.6. The second kappa shape index (κ2) is 4.09. The second-order valence-electron chi connectivity index (χ2n) is 3.84. The van der Waals surface area contributed by atoms with Crippen molar-refractivity contribution in [3.63, 3.8) is 0 Å². The fourth-order valence-corrected chi connectivity index (χ4v) is 1.91. The van der Waals surface area contributed by atoms with Crippen LogP contribution in [0.1, 0.15) is 26.2 Å². The van der Waals surface area contributed by atoms with E-state index in [1.54, 1.807) is 0 Å². The van der Waals surface area contributed by atoms with Gasteiger partial charge >= 0.3 is 0 Å². The largest absolute Gasteiger partial charge is 0.381 e. The van der Waals surface area contributed by atoms with Crippen molar-refractivity contribution in [3.05, 3.63) is 0 Å². The molecule has 0 saturated carbocycles. The molecule has 0 radical (unpaired) electrons. The first kappa shape index (κ1) is 9.65. The summed E-state index contributed by atoms with van der Waals surface area (Å²) in [5, 5.41) is 2.86. The molecule has 2 rings (SSSR count). The van der Waals surface area contributed by atoms with E-state index in [0.717, 1.165) is 31.7 Å². The molecule has 2 aliphatic heterocycles. The minimum Gasteiger partial charge on any atom is -0.381 e. The quantitative estimate of drug-likeness (QED) is 0.707. The van der Waals surface area contributed by atoms with Crippen molar-refractivity contribution in [2.75, 3.05) is 13.2 Å². The predicted octanol–water partition coefficient (Wildman–Crippen LogP) is 0.720. The summed E-state index contributed by atoms with van der Waals surface area (Å²) in [5.74, 6) is 1.21. The highest BCUT2D eigenvalue weighted by atomic mass is 16.5. The first-order chi connectivity index (χ1) is 6.81. The van der Waals surface area contributed by atoms with Gasteiger partial charge in [-0.05, 0) is 19.3 Å². The van der Waals surface area contributed by atoms with Gasteiger partial charge in [-0.25, -0.2) is 0 Å². The van der Waals surface area contributed by atoms with Gasteiger partial charge in [0.2, 0.25) is 5.91 Å². The van der Waals surface area contributed by atoms with Gasteiger partial charge in [0.1, 0.15) is 11.9 Å². The van der Waals surface area contributed by atoms with Gasteiger partial charge in [-0.3, -0.25) is 9.79 Å². The lowest BCUT2D eigenvalue weighted by atomic mass is 10.0. The smallest absolute Gasteiger partial charge is 0.250 e. The Morgan fingerprint density at radius 3 is 3.07 bits per heavy atom. The van der Waals surface area contributed by atoms with Gasteiger partial charge in [0.25, 0.3) is 0 Å². The molecule has 1 fully saturated rings. The third-order valence-electron chi connectivity index (χ3n) is 2.78. The lowest BCUT2D eigenvalue weighted by Gasteiger charge is -2.21. The molecule has 1 N–H and O–H groups in total. The molecule has 0 aromatic carbocycles. The average molecular weight is 196 g/mol. The van der Waals surface area contributed by atoms with Crippen molar-refractivity contribution in [3.8, 4) is 0 Å². The van der Waals surface area contributed by atoms with Crippen LogP contribution < -0.4 is 5.32 Å². The molecule has 1 amide bonds. The summed E-state index contributed by atoms with van der Waals surface area (Å²) < 4.78 is 5.37. The molecule has 78 valence electrons. The molecule has 0 aromatic rings. The van der Waals surface area contributed by atoms with Gasteiger partial charge in [-0.2, -0.15) is 0 Å². The van der Waals surface area contributed by atoms with Crippen molar-refractivity contribution < 1.29 is 9.53 Å². The molecule has 4 nitrogen and oxygen atoms in total. The first-order valence-electron chi connectivity index (χ1n) is 5.27. The van der Waals surface area contributed by atoms with Crippen LogP contribution in [0.25, 0.3) is 0 Å². The lowest BCUT2D eigenvalue weighted by Crippen LogP contribution is -2.36. The number of carbonyl (C=O) groups is 1. The zero-order valence-electron chi connectivity index (χ0n) is 8.45. The van der Waals surface area contributed by atoms with E-state index in [4.69, 9.17) is 4.74 Å². The van der Waals surface area contributed by atoms with Crippen LogP contribution in [0.5, 0.6) is 0 Å². The minimum absolute atomic E-state index is 0.0491. The summed E-state index contributed by atoms with van der Waals surface area (Å²) in [6, 6.07) is -0.160. The van der Waals surface area contributed by atoms with Gasteiger partial charge in [-0.1, -0.05) is 6.92 Å². The van der Waals surface area contributed by atoms with Crippen LogP contribution in [0.4, 0.5) is 0 Å². The van der Waals surface area contributed by atoms with E-state index in [2.05, 4.69) is 10.3 Å². The highest BCUT2D eigenvalue weighted by Gasteiger charge is 2.30. The molecule has 2 aliphatic rings. The van der Waals surface area contributed by atoms with Crippen molar-refractivity contribution in [2.24, 2.45) is 10.9 Å². The Hall–Kier alpha value is -0.900. The summed E-state index contributed by atoms with van der Waals surface area (Å²) >= 11 is 0.